The normalized spacial score (nSPS) is 25.4. The van der Waals surface area contributed by atoms with E-state index < -0.39 is 162 Å². The first-order chi connectivity index (χ1) is 55.2. The van der Waals surface area contributed by atoms with Crippen LogP contribution in [0.1, 0.15) is 394 Å². The van der Waals surface area contributed by atoms with E-state index in [4.69, 9.17) is 46.9 Å². The largest absolute Gasteiger partial charge is 0.472 e. The van der Waals surface area contributed by atoms with E-state index in [0.717, 1.165) is 122 Å². The van der Waals surface area contributed by atoms with E-state index in [2.05, 4.69) is 39.8 Å². The maximum atomic E-state index is 14.9. The minimum Gasteiger partial charge on any atom is -0.463 e. The molecule has 3 aliphatic rings. The number of carbonyl (C=O) groups excluding carboxylic acids is 4. The van der Waals surface area contributed by atoms with Crippen molar-refractivity contribution in [2.45, 2.75) is 498 Å². The van der Waals surface area contributed by atoms with E-state index in [0.29, 0.717) is 38.5 Å². The number of rotatable bonds is 74. The molecule has 18 atom stereocenters. The molecule has 18 unspecified atom stereocenters. The third-order valence-electron chi connectivity index (χ3n) is 22.5. The molecule has 2 aliphatic heterocycles. The number of aliphatic hydroxyl groups is 9. The van der Waals surface area contributed by atoms with Crippen molar-refractivity contribution < 1.29 is 122 Å². The minimum absolute atomic E-state index is 0.0185. The average Bonchev–Trinajstić information content (AvgIpc) is 0.754. The van der Waals surface area contributed by atoms with E-state index in [9.17, 15) is 74.6 Å². The van der Waals surface area contributed by atoms with Crippen LogP contribution in [0, 0.1) is 0 Å². The summed E-state index contributed by atoms with van der Waals surface area (Å²) < 4.78 is 73.3. The first kappa shape index (κ1) is 105. The van der Waals surface area contributed by atoms with Gasteiger partial charge in [-0.25, -0.2) is 4.57 Å². The Hall–Kier alpha value is -2.79. The van der Waals surface area contributed by atoms with Crippen molar-refractivity contribution in [1.29, 1.82) is 0 Å². The van der Waals surface area contributed by atoms with Crippen LogP contribution in [0.2, 0.25) is 0 Å². The standard InChI is InChI=1S/C88H163O25P/c1-5-9-13-17-21-25-29-33-34-35-39-41-45-49-53-57-61-72(91)105-67-70-76(95)78(97)82(101)88(109-70)112-85-83(110-74(93)63-59-55-51-47-43-38-32-28-24-20-16-12-8-4)79(98)80(99)84(111-87-81(100)77(96)75(94)69(64-89)108-87)86(85)113-114(102,103)106-66-68(107-73(92)62-58-54-50-46-42-37-31-27-23-19-15-11-7-3)65-104-71(90)60-56-52-48-44-40-36-30-26-22-18-14-10-6-2/h37,42,68-70,75-89,94-101H,5-36,38-41,43-67H2,1-4H3,(H,102,103)/b42-37-. The van der Waals surface area contributed by atoms with Gasteiger partial charge in [-0.1, -0.05) is 329 Å². The highest BCUT2D eigenvalue weighted by atomic mass is 31.2. The molecular weight excluding hydrogens is 1490 g/mol. The van der Waals surface area contributed by atoms with Crippen LogP contribution < -0.4 is 0 Å². The molecule has 0 aromatic rings. The number of hydrogen-bond acceptors (Lipinski definition) is 24. The van der Waals surface area contributed by atoms with Crippen molar-refractivity contribution >= 4 is 31.7 Å². The summed E-state index contributed by atoms with van der Waals surface area (Å²) in [5.74, 6) is -2.97. The summed E-state index contributed by atoms with van der Waals surface area (Å²) in [7, 11) is -5.80. The van der Waals surface area contributed by atoms with Gasteiger partial charge >= 0.3 is 31.7 Å². The number of unbranched alkanes of at least 4 members (excludes halogenated alkanes) is 48. The lowest BCUT2D eigenvalue weighted by Crippen LogP contribution is -2.70. The smallest absolute Gasteiger partial charge is 0.463 e. The zero-order valence-corrected chi connectivity index (χ0v) is 72.0. The highest BCUT2D eigenvalue weighted by Gasteiger charge is 2.60. The van der Waals surface area contributed by atoms with Gasteiger partial charge in [0.05, 0.1) is 13.2 Å². The Balaban J connectivity index is 1.92. The van der Waals surface area contributed by atoms with Gasteiger partial charge in [0.25, 0.3) is 0 Å². The van der Waals surface area contributed by atoms with Crippen LogP contribution >= 0.6 is 7.82 Å². The van der Waals surface area contributed by atoms with Crippen LogP contribution in [0.4, 0.5) is 0 Å². The van der Waals surface area contributed by atoms with Crippen LogP contribution in [-0.2, 0) is 70.7 Å². The molecule has 25 nitrogen and oxygen atoms in total. The second kappa shape index (κ2) is 67.8. The molecular formula is C88H163O25P. The second-order valence-electron chi connectivity index (χ2n) is 32.8. The number of ether oxygens (including phenoxy) is 8. The minimum atomic E-state index is -5.80. The van der Waals surface area contributed by atoms with Gasteiger partial charge in [-0.2, -0.15) is 0 Å². The van der Waals surface area contributed by atoms with Gasteiger partial charge in [-0.05, 0) is 51.4 Å². The van der Waals surface area contributed by atoms with Gasteiger partial charge in [0.1, 0.15) is 92.6 Å². The molecule has 1 saturated carbocycles. The number of allylic oxidation sites excluding steroid dienone is 2. The van der Waals surface area contributed by atoms with Gasteiger partial charge in [0.15, 0.2) is 24.8 Å². The fourth-order valence-electron chi connectivity index (χ4n) is 15.2. The number of aliphatic hydroxyl groups excluding tert-OH is 9. The van der Waals surface area contributed by atoms with Crippen LogP contribution in [-0.4, -0.2) is 205 Å². The average molecular weight is 1650 g/mol. The molecule has 10 N–H and O–H groups in total. The van der Waals surface area contributed by atoms with Crippen LogP contribution in [0.3, 0.4) is 0 Å². The molecule has 114 heavy (non-hydrogen) atoms. The molecule has 2 heterocycles. The fraction of sp³-hybridized carbons (Fsp3) is 0.932. The quantitative estimate of drug-likeness (QED) is 0.00889. The van der Waals surface area contributed by atoms with Crippen LogP contribution in [0.25, 0.3) is 0 Å². The predicted molar refractivity (Wildman–Crippen MR) is 440 cm³/mol. The Morgan fingerprint density at radius 3 is 1.05 bits per heavy atom. The summed E-state index contributed by atoms with van der Waals surface area (Å²) in [6.07, 6.45) is 25.1. The van der Waals surface area contributed by atoms with Gasteiger partial charge in [-0.15, -0.1) is 0 Å². The summed E-state index contributed by atoms with van der Waals surface area (Å²) in [6, 6.07) is 0. The first-order valence-electron chi connectivity index (χ1n) is 45.9. The Bertz CT molecular complexity index is 2430. The SMILES string of the molecule is CCCCCCCC/C=C\CCCCCC(=O)OC(COC(=O)CCCCCCCCCCCCCCC)COP(=O)(O)OC1C(OC2OC(CO)C(O)C(O)C2O)C(O)C(O)C(OC(=O)CCCCCCCCCCCCCCC)C1OC1OC(COC(=O)CCCCCCCCCCCCCCCCCC)C(O)C(O)C1O. The van der Waals surface area contributed by atoms with E-state index >= 15 is 0 Å². The number of hydrogen-bond donors (Lipinski definition) is 10. The van der Waals surface area contributed by atoms with E-state index in [-0.39, 0.29) is 25.7 Å². The molecule has 0 amide bonds. The summed E-state index contributed by atoms with van der Waals surface area (Å²) >= 11 is 0. The van der Waals surface area contributed by atoms with Gasteiger partial charge in [0, 0.05) is 25.7 Å². The molecule has 0 radical (unpaired) electrons. The van der Waals surface area contributed by atoms with Crippen molar-refractivity contribution in [3.8, 4) is 0 Å². The molecule has 2 saturated heterocycles. The predicted octanol–water partition coefficient (Wildman–Crippen LogP) is 16.4. The van der Waals surface area contributed by atoms with Crippen molar-refractivity contribution in [1.82, 2.24) is 0 Å². The number of esters is 4. The molecule has 0 bridgehead atoms. The Labute approximate surface area is 686 Å². The third-order valence-corrected chi connectivity index (χ3v) is 23.5. The number of phosphoric acid groups is 1. The summed E-state index contributed by atoms with van der Waals surface area (Å²) in [5.41, 5.74) is 0. The molecule has 0 aromatic heterocycles. The fourth-order valence-corrected chi connectivity index (χ4v) is 16.2. The second-order valence-corrected chi connectivity index (χ2v) is 34.2. The van der Waals surface area contributed by atoms with Crippen LogP contribution in [0.5, 0.6) is 0 Å². The highest BCUT2D eigenvalue weighted by Crippen LogP contribution is 2.49. The first-order valence-corrected chi connectivity index (χ1v) is 47.4. The van der Waals surface area contributed by atoms with Crippen molar-refractivity contribution in [3.63, 3.8) is 0 Å². The zero-order valence-electron chi connectivity index (χ0n) is 71.1. The number of carbonyl (C=O) groups is 4. The zero-order chi connectivity index (χ0) is 83.2. The van der Waals surface area contributed by atoms with E-state index in [1.54, 1.807) is 0 Å². The van der Waals surface area contributed by atoms with E-state index in [1.807, 2.05) is 0 Å². The molecule has 0 aromatic carbocycles. The van der Waals surface area contributed by atoms with Gasteiger partial charge in [0.2, 0.25) is 0 Å². The number of phosphoric ester groups is 1. The molecule has 670 valence electrons. The molecule has 3 rings (SSSR count). The molecule has 26 heteroatoms. The van der Waals surface area contributed by atoms with Crippen molar-refractivity contribution in [2.75, 3.05) is 26.4 Å². The Morgan fingerprint density at radius 2 is 0.658 bits per heavy atom. The lowest BCUT2D eigenvalue weighted by Gasteiger charge is -2.50. The summed E-state index contributed by atoms with van der Waals surface area (Å²) in [6.45, 7) is 5.57. The third kappa shape index (κ3) is 48.0. The lowest BCUT2D eigenvalue weighted by molar-refractivity contribution is -0.360. The topological polar surface area (TPSA) is 380 Å². The lowest BCUT2D eigenvalue weighted by atomic mass is 9.84. The maximum absolute atomic E-state index is 14.9. The molecule has 0 spiro atoms. The molecule has 1 aliphatic carbocycles. The Kier molecular flexibility index (Phi) is 62.7. The monoisotopic (exact) mass is 1650 g/mol. The Morgan fingerprint density at radius 1 is 0.342 bits per heavy atom. The van der Waals surface area contributed by atoms with Crippen molar-refractivity contribution in [2.24, 2.45) is 0 Å². The van der Waals surface area contributed by atoms with E-state index in [1.165, 1.54) is 180 Å². The summed E-state index contributed by atoms with van der Waals surface area (Å²) in [5, 5.41) is 102. The van der Waals surface area contributed by atoms with Gasteiger partial charge < -0.3 is 88.7 Å². The van der Waals surface area contributed by atoms with Crippen LogP contribution in [0.15, 0.2) is 12.2 Å². The maximum Gasteiger partial charge on any atom is 0.472 e. The molecule has 3 fully saturated rings. The van der Waals surface area contributed by atoms with Crippen molar-refractivity contribution in [3.05, 3.63) is 12.2 Å². The van der Waals surface area contributed by atoms with Gasteiger partial charge in [-0.3, -0.25) is 28.2 Å². The summed E-state index contributed by atoms with van der Waals surface area (Å²) in [4.78, 5) is 66.3. The highest BCUT2D eigenvalue weighted by molar-refractivity contribution is 7.47.